The van der Waals surface area contributed by atoms with Crippen LogP contribution in [0.2, 0.25) is 0 Å². The first-order valence-electron chi connectivity index (χ1n) is 9.01. The van der Waals surface area contributed by atoms with E-state index in [0.717, 1.165) is 24.1 Å². The topological polar surface area (TPSA) is 84.7 Å². The minimum Gasteiger partial charge on any atom is -0.327 e. The molecule has 3 aromatic rings. The van der Waals surface area contributed by atoms with Gasteiger partial charge >= 0.3 is 6.03 Å². The second kappa shape index (κ2) is 8.44. The molecule has 2 amide bonds. The van der Waals surface area contributed by atoms with Gasteiger partial charge in [-0.15, -0.1) is 5.10 Å². The van der Waals surface area contributed by atoms with Crippen molar-refractivity contribution in [3.8, 4) is 0 Å². The van der Waals surface area contributed by atoms with Gasteiger partial charge in [0.15, 0.2) is 5.82 Å². The summed E-state index contributed by atoms with van der Waals surface area (Å²) in [6.07, 6.45) is 6.15. The molecule has 2 N–H and O–H groups in total. The predicted molar refractivity (Wildman–Crippen MR) is 104 cm³/mol. The molecule has 0 saturated carbocycles. The Labute approximate surface area is 158 Å². The molecule has 3 rings (SSSR count). The van der Waals surface area contributed by atoms with Crippen molar-refractivity contribution in [2.75, 3.05) is 5.32 Å². The van der Waals surface area contributed by atoms with Crippen molar-refractivity contribution < 1.29 is 4.79 Å². The van der Waals surface area contributed by atoms with Crippen LogP contribution in [0.4, 0.5) is 10.6 Å². The third-order valence-electron chi connectivity index (χ3n) is 4.39. The molecule has 0 unspecified atom stereocenters. The number of carbonyl (C=O) groups is 1. The van der Waals surface area contributed by atoms with Crippen LogP contribution in [0.1, 0.15) is 41.6 Å². The van der Waals surface area contributed by atoms with Crippen LogP contribution in [-0.2, 0) is 6.54 Å². The molecule has 0 radical (unpaired) electrons. The molecule has 2 heterocycles. The van der Waals surface area contributed by atoms with Crippen molar-refractivity contribution >= 4 is 11.8 Å². The Morgan fingerprint density at radius 1 is 1.19 bits per heavy atom. The van der Waals surface area contributed by atoms with Crippen molar-refractivity contribution in [3.05, 3.63) is 71.2 Å². The zero-order chi connectivity index (χ0) is 19.2. The van der Waals surface area contributed by atoms with Crippen molar-refractivity contribution in [1.29, 1.82) is 0 Å². The number of aromatic nitrogens is 4. The Morgan fingerprint density at radius 3 is 2.74 bits per heavy atom. The van der Waals surface area contributed by atoms with Crippen LogP contribution >= 0.6 is 0 Å². The molecule has 1 atom stereocenters. The van der Waals surface area contributed by atoms with Gasteiger partial charge in [-0.3, -0.25) is 15.0 Å². The molecule has 0 spiro atoms. The quantitative estimate of drug-likeness (QED) is 0.700. The van der Waals surface area contributed by atoms with Gasteiger partial charge in [0, 0.05) is 18.9 Å². The highest BCUT2D eigenvalue weighted by molar-refractivity contribution is 5.88. The number of urea groups is 1. The van der Waals surface area contributed by atoms with E-state index in [2.05, 4.69) is 58.8 Å². The Bertz CT molecular complexity index is 906. The third-order valence-corrected chi connectivity index (χ3v) is 4.39. The number of benzene rings is 1. The van der Waals surface area contributed by atoms with E-state index in [1.54, 1.807) is 23.3 Å². The first-order valence-corrected chi connectivity index (χ1v) is 9.01. The lowest BCUT2D eigenvalue weighted by molar-refractivity contribution is 0.250. The number of hydrogen-bond donors (Lipinski definition) is 2. The molecule has 1 aromatic carbocycles. The van der Waals surface area contributed by atoms with Gasteiger partial charge in [0.1, 0.15) is 0 Å². The molecule has 27 heavy (non-hydrogen) atoms. The average molecular weight is 364 g/mol. The van der Waals surface area contributed by atoms with E-state index >= 15 is 0 Å². The molecule has 0 bridgehead atoms. The zero-order valence-electron chi connectivity index (χ0n) is 15.8. The predicted octanol–water partition coefficient (Wildman–Crippen LogP) is 3.61. The van der Waals surface area contributed by atoms with Crippen LogP contribution in [0.15, 0.2) is 48.9 Å². The second-order valence-electron chi connectivity index (χ2n) is 6.53. The van der Waals surface area contributed by atoms with Crippen molar-refractivity contribution in [1.82, 2.24) is 25.3 Å². The maximum atomic E-state index is 12.6. The highest BCUT2D eigenvalue weighted by Crippen LogP contribution is 2.23. The van der Waals surface area contributed by atoms with Crippen molar-refractivity contribution in [3.63, 3.8) is 0 Å². The molecule has 0 aliphatic rings. The largest absolute Gasteiger partial charge is 0.327 e. The van der Waals surface area contributed by atoms with Crippen LogP contribution in [0.3, 0.4) is 0 Å². The standard InChI is InChI=1S/C20H24N6O/c1-4-10-26-13-18(24-25-26)22-20(27)23-19(17-6-5-9-21-12-17)16-8-7-14(2)15(3)11-16/h5-9,11-13,19H,4,10H2,1-3H3,(H2,22,23,27)/t19-/m1/s1. The SMILES string of the molecule is CCCn1cc(NC(=O)N[C@@H](c2cccnc2)c2ccc(C)c(C)c2)nn1. The second-order valence-corrected chi connectivity index (χ2v) is 6.53. The number of aryl methyl sites for hydroxylation is 3. The summed E-state index contributed by atoms with van der Waals surface area (Å²) >= 11 is 0. The Hall–Kier alpha value is -3.22. The van der Waals surface area contributed by atoms with Gasteiger partial charge < -0.3 is 5.32 Å². The Balaban J connectivity index is 1.80. The number of rotatable bonds is 6. The van der Waals surface area contributed by atoms with E-state index in [4.69, 9.17) is 0 Å². The molecule has 0 saturated heterocycles. The minimum atomic E-state index is -0.342. The molecule has 0 aliphatic carbocycles. The van der Waals surface area contributed by atoms with E-state index in [0.29, 0.717) is 5.82 Å². The van der Waals surface area contributed by atoms with Crippen LogP contribution < -0.4 is 10.6 Å². The average Bonchev–Trinajstić information content (AvgIpc) is 3.10. The summed E-state index contributed by atoms with van der Waals surface area (Å²) in [6.45, 7) is 6.95. The third kappa shape index (κ3) is 4.69. The van der Waals surface area contributed by atoms with E-state index < -0.39 is 0 Å². The molecule has 0 aliphatic heterocycles. The van der Waals surface area contributed by atoms with Gasteiger partial charge in [0.25, 0.3) is 0 Å². The first-order chi connectivity index (χ1) is 13.1. The smallest absolute Gasteiger partial charge is 0.321 e. The molecule has 7 heteroatoms. The lowest BCUT2D eigenvalue weighted by Crippen LogP contribution is -2.33. The summed E-state index contributed by atoms with van der Waals surface area (Å²) in [5, 5.41) is 13.7. The number of hydrogen-bond acceptors (Lipinski definition) is 4. The monoisotopic (exact) mass is 364 g/mol. The molecule has 7 nitrogen and oxygen atoms in total. The number of pyridine rings is 1. The summed E-state index contributed by atoms with van der Waals surface area (Å²) in [7, 11) is 0. The number of nitrogens with one attached hydrogen (secondary N) is 2. The molecule has 0 fully saturated rings. The van der Waals surface area contributed by atoms with E-state index in [1.807, 2.05) is 18.2 Å². The van der Waals surface area contributed by atoms with Gasteiger partial charge in [-0.2, -0.15) is 0 Å². The Morgan fingerprint density at radius 2 is 2.04 bits per heavy atom. The molecule has 2 aromatic heterocycles. The fourth-order valence-corrected chi connectivity index (χ4v) is 2.83. The van der Waals surface area contributed by atoms with Gasteiger partial charge in [0.05, 0.1) is 12.2 Å². The van der Waals surface area contributed by atoms with E-state index in [1.165, 1.54) is 11.1 Å². The summed E-state index contributed by atoms with van der Waals surface area (Å²) in [6, 6.07) is 9.32. The van der Waals surface area contributed by atoms with Gasteiger partial charge in [-0.25, -0.2) is 4.79 Å². The summed E-state index contributed by atoms with van der Waals surface area (Å²) in [5.74, 6) is 0.422. The number of nitrogens with zero attached hydrogens (tertiary/aromatic N) is 4. The summed E-state index contributed by atoms with van der Waals surface area (Å²) < 4.78 is 1.71. The van der Waals surface area contributed by atoms with Gasteiger partial charge in [-0.1, -0.05) is 36.4 Å². The van der Waals surface area contributed by atoms with Gasteiger partial charge in [-0.05, 0) is 48.6 Å². The maximum Gasteiger partial charge on any atom is 0.321 e. The van der Waals surface area contributed by atoms with Crippen LogP contribution in [0, 0.1) is 13.8 Å². The van der Waals surface area contributed by atoms with Crippen molar-refractivity contribution in [2.45, 2.75) is 39.8 Å². The first kappa shape index (κ1) is 18.6. The van der Waals surface area contributed by atoms with Gasteiger partial charge in [0.2, 0.25) is 0 Å². The van der Waals surface area contributed by atoms with Crippen molar-refractivity contribution in [2.24, 2.45) is 0 Å². The fraction of sp³-hybridized carbons (Fsp3) is 0.300. The number of amides is 2. The number of carbonyl (C=O) groups excluding carboxylic acids is 1. The molecular formula is C20H24N6O. The molecule has 140 valence electrons. The van der Waals surface area contributed by atoms with E-state index in [9.17, 15) is 4.79 Å². The highest BCUT2D eigenvalue weighted by atomic mass is 16.2. The van der Waals surface area contributed by atoms with E-state index in [-0.39, 0.29) is 12.1 Å². The fourth-order valence-electron chi connectivity index (χ4n) is 2.83. The summed E-state index contributed by atoms with van der Waals surface area (Å²) in [5.41, 5.74) is 4.29. The normalized spacial score (nSPS) is 11.8. The lowest BCUT2D eigenvalue weighted by atomic mass is 9.97. The van der Waals surface area contributed by atoms with Crippen LogP contribution in [-0.4, -0.2) is 26.0 Å². The lowest BCUT2D eigenvalue weighted by Gasteiger charge is -2.20. The highest BCUT2D eigenvalue weighted by Gasteiger charge is 2.18. The van der Waals surface area contributed by atoms with Crippen LogP contribution in [0.5, 0.6) is 0 Å². The maximum absolute atomic E-state index is 12.6. The minimum absolute atomic E-state index is 0.316. The zero-order valence-corrected chi connectivity index (χ0v) is 15.8. The Kier molecular flexibility index (Phi) is 5.80. The summed E-state index contributed by atoms with van der Waals surface area (Å²) in [4.78, 5) is 16.8. The molecular weight excluding hydrogens is 340 g/mol. The van der Waals surface area contributed by atoms with Crippen LogP contribution in [0.25, 0.3) is 0 Å². The number of anilines is 1.